The van der Waals surface area contributed by atoms with Gasteiger partial charge in [0.15, 0.2) is 5.41 Å². The minimum atomic E-state index is -1.15. The van der Waals surface area contributed by atoms with E-state index < -0.39 is 17.4 Å². The van der Waals surface area contributed by atoms with E-state index in [4.69, 9.17) is 9.47 Å². The molecule has 0 aliphatic heterocycles. The average molecular weight is 270 g/mol. The summed E-state index contributed by atoms with van der Waals surface area (Å²) in [5.41, 5.74) is -1.15. The third-order valence-electron chi connectivity index (χ3n) is 2.90. The number of hydrogen-bond acceptors (Lipinski definition) is 4. The summed E-state index contributed by atoms with van der Waals surface area (Å²) in [5, 5.41) is 0. The van der Waals surface area contributed by atoms with Gasteiger partial charge >= 0.3 is 11.9 Å². The molecule has 0 fully saturated rings. The Morgan fingerprint density at radius 2 is 1.53 bits per heavy atom. The molecule has 0 bridgehead atoms. The molecule has 110 valence electrons. The Morgan fingerprint density at radius 1 is 1.00 bits per heavy atom. The molecule has 0 saturated heterocycles. The van der Waals surface area contributed by atoms with Crippen LogP contribution in [0.25, 0.3) is 0 Å². The number of hydrogen-bond donors (Lipinski definition) is 0. The highest BCUT2D eigenvalue weighted by molar-refractivity contribution is 6.00. The van der Waals surface area contributed by atoms with Gasteiger partial charge in [0.2, 0.25) is 0 Å². The largest absolute Gasteiger partial charge is 0.465 e. The van der Waals surface area contributed by atoms with Gasteiger partial charge in [0.1, 0.15) is 6.61 Å². The molecule has 0 aromatic carbocycles. The van der Waals surface area contributed by atoms with Crippen molar-refractivity contribution in [2.75, 3.05) is 13.2 Å². The summed E-state index contributed by atoms with van der Waals surface area (Å²) in [7, 11) is 0. The van der Waals surface area contributed by atoms with Gasteiger partial charge in [0.25, 0.3) is 0 Å². The lowest BCUT2D eigenvalue weighted by Crippen LogP contribution is -2.42. The zero-order chi connectivity index (χ0) is 14.7. The van der Waals surface area contributed by atoms with E-state index in [0.717, 1.165) is 19.3 Å². The Balaban J connectivity index is 5.08. The van der Waals surface area contributed by atoms with E-state index in [-0.39, 0.29) is 6.61 Å². The monoisotopic (exact) mass is 270 g/mol. The van der Waals surface area contributed by atoms with Crippen LogP contribution in [-0.2, 0) is 19.1 Å². The van der Waals surface area contributed by atoms with Gasteiger partial charge in [0.05, 0.1) is 6.61 Å². The van der Waals surface area contributed by atoms with Gasteiger partial charge in [-0.15, -0.1) is 0 Å². The minimum Gasteiger partial charge on any atom is -0.465 e. The number of esters is 2. The van der Waals surface area contributed by atoms with Crippen molar-refractivity contribution < 1.29 is 19.1 Å². The minimum absolute atomic E-state index is 0.120. The number of ether oxygens (including phenoxy) is 2. The molecule has 0 saturated carbocycles. The Kier molecular flexibility index (Phi) is 8.92. The van der Waals surface area contributed by atoms with Crippen LogP contribution in [0.5, 0.6) is 0 Å². The fourth-order valence-corrected chi connectivity index (χ4v) is 2.08. The summed E-state index contributed by atoms with van der Waals surface area (Å²) in [6.07, 6.45) is 4.60. The average Bonchev–Trinajstić information content (AvgIpc) is 2.41. The van der Waals surface area contributed by atoms with E-state index in [1.807, 2.05) is 20.8 Å². The van der Waals surface area contributed by atoms with Crippen LogP contribution in [-0.4, -0.2) is 25.2 Å². The van der Waals surface area contributed by atoms with Gasteiger partial charge < -0.3 is 9.47 Å². The Morgan fingerprint density at radius 3 is 1.95 bits per heavy atom. The van der Waals surface area contributed by atoms with E-state index >= 15 is 0 Å². The lowest BCUT2D eigenvalue weighted by molar-refractivity contribution is -0.173. The summed E-state index contributed by atoms with van der Waals surface area (Å²) in [5.74, 6) is -0.940. The lowest BCUT2D eigenvalue weighted by atomic mass is 9.79. The molecular formula is C15H26O4. The second kappa shape index (κ2) is 9.59. The lowest BCUT2D eigenvalue weighted by Gasteiger charge is -2.28. The summed E-state index contributed by atoms with van der Waals surface area (Å²) in [6, 6.07) is 0. The van der Waals surface area contributed by atoms with Crippen LogP contribution >= 0.6 is 0 Å². The van der Waals surface area contributed by atoms with Crippen LogP contribution in [0.2, 0.25) is 0 Å². The quantitative estimate of drug-likeness (QED) is 0.347. The van der Waals surface area contributed by atoms with Gasteiger partial charge in [-0.3, -0.25) is 9.59 Å². The van der Waals surface area contributed by atoms with Crippen molar-refractivity contribution in [1.82, 2.24) is 0 Å². The zero-order valence-corrected chi connectivity index (χ0v) is 12.4. The van der Waals surface area contributed by atoms with Crippen molar-refractivity contribution in [2.24, 2.45) is 5.41 Å². The first-order valence-electron chi connectivity index (χ1n) is 7.04. The van der Waals surface area contributed by atoms with Crippen molar-refractivity contribution in [3.8, 4) is 0 Å². The molecule has 0 aliphatic rings. The Bertz CT molecular complexity index is 291. The van der Waals surface area contributed by atoms with Gasteiger partial charge in [-0.25, -0.2) is 0 Å². The van der Waals surface area contributed by atoms with Crippen molar-refractivity contribution in [3.63, 3.8) is 0 Å². The SMILES string of the molecule is C=CCOC(=O)C(CCC)(CCC)C(=O)OCCC. The predicted molar refractivity (Wildman–Crippen MR) is 74.7 cm³/mol. The molecular weight excluding hydrogens is 244 g/mol. The summed E-state index contributed by atoms with van der Waals surface area (Å²) in [6.45, 7) is 9.77. The molecule has 0 unspecified atom stereocenters. The Labute approximate surface area is 116 Å². The first kappa shape index (κ1) is 17.7. The zero-order valence-electron chi connectivity index (χ0n) is 12.4. The molecule has 0 atom stereocenters. The third kappa shape index (κ3) is 5.05. The van der Waals surface area contributed by atoms with Gasteiger partial charge in [-0.05, 0) is 19.3 Å². The molecule has 0 aromatic rings. The normalized spacial score (nSPS) is 10.9. The molecule has 4 heteroatoms. The molecule has 19 heavy (non-hydrogen) atoms. The van der Waals surface area contributed by atoms with Crippen molar-refractivity contribution in [3.05, 3.63) is 12.7 Å². The molecule has 0 aromatic heterocycles. The van der Waals surface area contributed by atoms with Crippen molar-refractivity contribution >= 4 is 11.9 Å². The fraction of sp³-hybridized carbons (Fsp3) is 0.733. The molecule has 0 spiro atoms. The highest BCUT2D eigenvalue weighted by Gasteiger charge is 2.47. The molecule has 4 nitrogen and oxygen atoms in total. The maximum Gasteiger partial charge on any atom is 0.323 e. The first-order valence-corrected chi connectivity index (χ1v) is 7.04. The van der Waals surface area contributed by atoms with Crippen LogP contribution in [0, 0.1) is 5.41 Å². The summed E-state index contributed by atoms with van der Waals surface area (Å²) >= 11 is 0. The Hall–Kier alpha value is -1.32. The van der Waals surface area contributed by atoms with E-state index in [1.54, 1.807) is 0 Å². The standard InChI is InChI=1S/C15H26O4/c1-5-9-15(10-6-2,13(16)18-11-7-3)14(17)19-12-8-4/h7H,3,5-6,8-12H2,1-2,4H3. The molecule has 0 radical (unpaired) electrons. The van der Waals surface area contributed by atoms with Crippen LogP contribution in [0.4, 0.5) is 0 Å². The maximum atomic E-state index is 12.3. The summed E-state index contributed by atoms with van der Waals surface area (Å²) in [4.78, 5) is 24.5. The number of carbonyl (C=O) groups excluding carboxylic acids is 2. The van der Waals surface area contributed by atoms with E-state index in [1.165, 1.54) is 6.08 Å². The second-order valence-corrected chi connectivity index (χ2v) is 4.61. The molecule has 0 heterocycles. The second-order valence-electron chi connectivity index (χ2n) is 4.61. The molecule has 0 N–H and O–H groups in total. The summed E-state index contributed by atoms with van der Waals surface area (Å²) < 4.78 is 10.3. The van der Waals surface area contributed by atoms with Crippen molar-refractivity contribution in [2.45, 2.75) is 52.9 Å². The third-order valence-corrected chi connectivity index (χ3v) is 2.90. The number of rotatable bonds is 10. The highest BCUT2D eigenvalue weighted by Crippen LogP contribution is 2.33. The first-order chi connectivity index (χ1) is 9.08. The van der Waals surface area contributed by atoms with Gasteiger partial charge in [-0.2, -0.15) is 0 Å². The molecule has 0 amide bonds. The van der Waals surface area contributed by atoms with E-state index in [2.05, 4.69) is 6.58 Å². The van der Waals surface area contributed by atoms with Crippen LogP contribution in [0.1, 0.15) is 52.9 Å². The predicted octanol–water partition coefficient (Wildman–Crippen LogP) is 3.26. The van der Waals surface area contributed by atoms with Gasteiger partial charge in [-0.1, -0.05) is 46.3 Å². The van der Waals surface area contributed by atoms with Crippen LogP contribution in [0.3, 0.4) is 0 Å². The van der Waals surface area contributed by atoms with E-state index in [0.29, 0.717) is 19.4 Å². The van der Waals surface area contributed by atoms with E-state index in [9.17, 15) is 9.59 Å². The molecule has 0 rings (SSSR count). The van der Waals surface area contributed by atoms with Crippen molar-refractivity contribution in [1.29, 1.82) is 0 Å². The van der Waals surface area contributed by atoms with Crippen LogP contribution < -0.4 is 0 Å². The highest BCUT2D eigenvalue weighted by atomic mass is 16.6. The smallest absolute Gasteiger partial charge is 0.323 e. The maximum absolute atomic E-state index is 12.3. The van der Waals surface area contributed by atoms with Gasteiger partial charge in [0, 0.05) is 0 Å². The molecule has 0 aliphatic carbocycles. The fourth-order valence-electron chi connectivity index (χ4n) is 2.08. The van der Waals surface area contributed by atoms with Crippen LogP contribution in [0.15, 0.2) is 12.7 Å². The number of carbonyl (C=O) groups is 2. The topological polar surface area (TPSA) is 52.6 Å².